The van der Waals surface area contributed by atoms with Crippen molar-refractivity contribution in [2.45, 2.75) is 38.7 Å². The van der Waals surface area contributed by atoms with Crippen molar-refractivity contribution >= 4 is 11.6 Å². The van der Waals surface area contributed by atoms with Crippen LogP contribution < -0.4 is 0 Å². The van der Waals surface area contributed by atoms with Crippen LogP contribution in [-0.2, 0) is 4.74 Å². The maximum Gasteiger partial charge on any atom is 0.198 e. The summed E-state index contributed by atoms with van der Waals surface area (Å²) in [5, 5.41) is 9.59. The Hall–Kier alpha value is -1.46. The van der Waals surface area contributed by atoms with Crippen molar-refractivity contribution in [3.05, 3.63) is 23.7 Å². The lowest BCUT2D eigenvalue weighted by Crippen LogP contribution is -2.12. The molecule has 0 aliphatic heterocycles. The number of furan rings is 1. The zero-order valence-electron chi connectivity index (χ0n) is 11.3. The van der Waals surface area contributed by atoms with Crippen LogP contribution in [0.1, 0.15) is 53.7 Å². The zero-order valence-corrected chi connectivity index (χ0v) is 11.3. The Morgan fingerprint density at radius 1 is 1.26 bits per heavy atom. The quantitative estimate of drug-likeness (QED) is 0.695. The Kier molecular flexibility index (Phi) is 6.45. The third-order valence-electron chi connectivity index (χ3n) is 2.84. The molecule has 0 fully saturated rings. The Labute approximate surface area is 112 Å². The average molecular weight is 268 g/mol. The first-order valence-corrected chi connectivity index (χ1v) is 6.41. The van der Waals surface area contributed by atoms with Crippen molar-refractivity contribution in [3.63, 3.8) is 0 Å². The molecule has 0 saturated carbocycles. The van der Waals surface area contributed by atoms with Gasteiger partial charge < -0.3 is 14.3 Å². The van der Waals surface area contributed by atoms with Gasteiger partial charge in [-0.25, -0.2) is 0 Å². The molecule has 106 valence electrons. The summed E-state index contributed by atoms with van der Waals surface area (Å²) in [6.07, 6.45) is 0.840. The molecule has 0 bridgehead atoms. The van der Waals surface area contributed by atoms with Crippen molar-refractivity contribution in [3.8, 4) is 0 Å². The molecule has 0 aliphatic carbocycles. The third-order valence-corrected chi connectivity index (χ3v) is 2.84. The van der Waals surface area contributed by atoms with E-state index in [1.54, 1.807) is 14.0 Å². The van der Waals surface area contributed by atoms with E-state index in [-0.39, 0.29) is 29.5 Å². The van der Waals surface area contributed by atoms with Crippen LogP contribution in [0.4, 0.5) is 0 Å². The van der Waals surface area contributed by atoms with Crippen molar-refractivity contribution in [2.75, 3.05) is 13.7 Å². The van der Waals surface area contributed by atoms with E-state index in [4.69, 9.17) is 9.15 Å². The number of aliphatic hydroxyl groups excluding tert-OH is 1. The summed E-state index contributed by atoms with van der Waals surface area (Å²) in [6.45, 7) is 2.20. The molecule has 1 N–H and O–H groups in total. The Morgan fingerprint density at radius 2 is 1.89 bits per heavy atom. The van der Waals surface area contributed by atoms with Crippen molar-refractivity contribution in [2.24, 2.45) is 0 Å². The number of aliphatic hydroxyl groups is 1. The Bertz CT molecular complexity index is 421. The standard InChI is InChI=1S/C14H20O5/c1-3-11(16)13-6-7-14(19-13)12(17)5-4-10(15)8-9-18-2/h6-7,10,15H,3-5,8-9H2,1-2H3. The van der Waals surface area contributed by atoms with Crippen LogP contribution in [0.15, 0.2) is 16.5 Å². The van der Waals surface area contributed by atoms with Crippen molar-refractivity contribution in [1.29, 1.82) is 0 Å². The van der Waals surface area contributed by atoms with Gasteiger partial charge in [-0.1, -0.05) is 6.92 Å². The molecule has 0 aromatic carbocycles. The van der Waals surface area contributed by atoms with E-state index < -0.39 is 6.10 Å². The highest BCUT2D eigenvalue weighted by molar-refractivity contribution is 5.97. The van der Waals surface area contributed by atoms with Crippen molar-refractivity contribution in [1.82, 2.24) is 0 Å². The van der Waals surface area contributed by atoms with Gasteiger partial charge in [-0.3, -0.25) is 9.59 Å². The lowest BCUT2D eigenvalue weighted by molar-refractivity contribution is 0.0841. The number of ketones is 2. The molecular weight excluding hydrogens is 248 g/mol. The second kappa shape index (κ2) is 7.86. The number of rotatable bonds is 9. The van der Waals surface area contributed by atoms with E-state index in [9.17, 15) is 14.7 Å². The number of methoxy groups -OCH3 is 1. The van der Waals surface area contributed by atoms with Gasteiger partial charge in [0.05, 0.1) is 6.10 Å². The zero-order chi connectivity index (χ0) is 14.3. The van der Waals surface area contributed by atoms with Gasteiger partial charge in [-0.05, 0) is 25.0 Å². The summed E-state index contributed by atoms with van der Waals surface area (Å²) in [5.41, 5.74) is 0. The number of hydrogen-bond donors (Lipinski definition) is 1. The number of ether oxygens (including phenoxy) is 1. The third kappa shape index (κ3) is 4.96. The number of carbonyl (C=O) groups is 2. The van der Waals surface area contributed by atoms with Gasteiger partial charge >= 0.3 is 0 Å². The molecule has 5 heteroatoms. The SMILES string of the molecule is CCC(=O)c1ccc(C(=O)CCC(O)CCOC)o1. The second-order valence-corrected chi connectivity index (χ2v) is 4.34. The topological polar surface area (TPSA) is 76.7 Å². The van der Waals surface area contributed by atoms with Gasteiger partial charge in [0, 0.05) is 26.6 Å². The molecule has 0 aliphatic rings. The monoisotopic (exact) mass is 268 g/mol. The first kappa shape index (κ1) is 15.6. The van der Waals surface area contributed by atoms with Gasteiger partial charge in [-0.15, -0.1) is 0 Å². The number of carbonyl (C=O) groups excluding carboxylic acids is 2. The smallest absolute Gasteiger partial charge is 0.198 e. The predicted octanol–water partition coefficient (Wildman–Crippen LogP) is 2.23. The minimum atomic E-state index is -0.560. The molecule has 1 heterocycles. The van der Waals surface area contributed by atoms with Crippen LogP contribution in [-0.4, -0.2) is 36.5 Å². The molecule has 5 nitrogen and oxygen atoms in total. The summed E-state index contributed by atoms with van der Waals surface area (Å²) >= 11 is 0. The summed E-state index contributed by atoms with van der Waals surface area (Å²) < 4.78 is 10.1. The average Bonchev–Trinajstić information content (AvgIpc) is 2.91. The van der Waals surface area contributed by atoms with Crippen LogP contribution in [0, 0.1) is 0 Å². The molecule has 0 amide bonds. The van der Waals surface area contributed by atoms with Crippen LogP contribution in [0.3, 0.4) is 0 Å². The maximum absolute atomic E-state index is 11.8. The molecule has 0 spiro atoms. The number of Topliss-reactive ketones (excluding diaryl/α,β-unsaturated/α-hetero) is 2. The highest BCUT2D eigenvalue weighted by Gasteiger charge is 2.16. The van der Waals surface area contributed by atoms with Crippen LogP contribution in [0.25, 0.3) is 0 Å². The highest BCUT2D eigenvalue weighted by atomic mass is 16.5. The minimum absolute atomic E-state index is 0.126. The summed E-state index contributed by atoms with van der Waals surface area (Å²) in [6, 6.07) is 3.02. The summed E-state index contributed by atoms with van der Waals surface area (Å²) in [4.78, 5) is 23.2. The first-order chi connectivity index (χ1) is 9.08. The van der Waals surface area contributed by atoms with Gasteiger partial charge in [0.15, 0.2) is 23.1 Å². The first-order valence-electron chi connectivity index (χ1n) is 6.41. The molecule has 1 atom stereocenters. The Balaban J connectivity index is 2.45. The van der Waals surface area contributed by atoms with E-state index in [0.29, 0.717) is 25.9 Å². The molecule has 1 rings (SSSR count). The van der Waals surface area contributed by atoms with Gasteiger partial charge in [-0.2, -0.15) is 0 Å². The lowest BCUT2D eigenvalue weighted by atomic mass is 10.1. The molecule has 0 radical (unpaired) electrons. The van der Waals surface area contributed by atoms with Gasteiger partial charge in [0.1, 0.15) is 0 Å². The van der Waals surface area contributed by atoms with Gasteiger partial charge in [0.2, 0.25) is 0 Å². The molecule has 1 unspecified atom stereocenters. The van der Waals surface area contributed by atoms with Crippen LogP contribution >= 0.6 is 0 Å². The van der Waals surface area contributed by atoms with E-state index in [1.165, 1.54) is 12.1 Å². The molecule has 1 aromatic heterocycles. The van der Waals surface area contributed by atoms with E-state index in [2.05, 4.69) is 0 Å². The predicted molar refractivity (Wildman–Crippen MR) is 69.4 cm³/mol. The molecule has 0 saturated heterocycles. The van der Waals surface area contributed by atoms with Crippen LogP contribution in [0.2, 0.25) is 0 Å². The second-order valence-electron chi connectivity index (χ2n) is 4.34. The maximum atomic E-state index is 11.8. The summed E-state index contributed by atoms with van der Waals surface area (Å²) in [5.74, 6) is 0.0623. The lowest BCUT2D eigenvalue weighted by Gasteiger charge is -2.08. The molecule has 1 aromatic rings. The minimum Gasteiger partial charge on any atom is -0.450 e. The fourth-order valence-electron chi connectivity index (χ4n) is 1.63. The van der Waals surface area contributed by atoms with E-state index in [1.807, 2.05) is 0 Å². The fraction of sp³-hybridized carbons (Fsp3) is 0.571. The van der Waals surface area contributed by atoms with Gasteiger partial charge in [0.25, 0.3) is 0 Å². The van der Waals surface area contributed by atoms with E-state index >= 15 is 0 Å². The largest absolute Gasteiger partial charge is 0.450 e. The van der Waals surface area contributed by atoms with Crippen LogP contribution in [0.5, 0.6) is 0 Å². The summed E-state index contributed by atoms with van der Waals surface area (Å²) in [7, 11) is 1.56. The number of hydrogen-bond acceptors (Lipinski definition) is 5. The van der Waals surface area contributed by atoms with Crippen molar-refractivity contribution < 1.29 is 23.8 Å². The normalized spacial score (nSPS) is 12.4. The van der Waals surface area contributed by atoms with E-state index in [0.717, 1.165) is 0 Å². The molecule has 19 heavy (non-hydrogen) atoms. The molecular formula is C14H20O5. The fourth-order valence-corrected chi connectivity index (χ4v) is 1.63. The Morgan fingerprint density at radius 3 is 2.47 bits per heavy atom. The highest BCUT2D eigenvalue weighted by Crippen LogP contribution is 2.14.